The molecule has 0 saturated heterocycles. The summed E-state index contributed by atoms with van der Waals surface area (Å²) < 4.78 is 0. The Kier molecular flexibility index (Phi) is 3.69. The highest BCUT2D eigenvalue weighted by Crippen LogP contribution is 2.39. The molecule has 0 aliphatic carbocycles. The smallest absolute Gasteiger partial charge is 0.282 e. The lowest BCUT2D eigenvalue weighted by atomic mass is 9.98. The number of hydrogen-bond acceptors (Lipinski definition) is 3. The summed E-state index contributed by atoms with van der Waals surface area (Å²) in [5.74, 6) is -0.961. The van der Waals surface area contributed by atoms with Crippen LogP contribution in [0, 0.1) is 6.92 Å². The van der Waals surface area contributed by atoms with E-state index in [1.807, 2.05) is 36.4 Å². The number of aromatic nitrogens is 1. The molecular weight excluding hydrogens is 328 g/mol. The third-order valence-corrected chi connectivity index (χ3v) is 4.48. The average Bonchev–Trinajstić information content (AvgIpc) is 3.12. The van der Waals surface area contributed by atoms with Gasteiger partial charge in [-0.1, -0.05) is 60.7 Å². The van der Waals surface area contributed by atoms with Crippen molar-refractivity contribution in [2.75, 3.05) is 0 Å². The highest BCUT2D eigenvalue weighted by Gasteiger charge is 2.33. The zero-order valence-electron chi connectivity index (χ0n) is 14.0. The molecule has 2 heterocycles. The second-order valence-electron chi connectivity index (χ2n) is 6.07. The zero-order chi connectivity index (χ0) is 18.3. The summed E-state index contributed by atoms with van der Waals surface area (Å²) in [5.41, 5.74) is 3.39. The molecule has 0 spiro atoms. The van der Waals surface area contributed by atoms with E-state index in [-0.39, 0.29) is 28.5 Å². The van der Waals surface area contributed by atoms with E-state index < -0.39 is 5.91 Å². The first-order valence-corrected chi connectivity index (χ1v) is 8.17. The van der Waals surface area contributed by atoms with Crippen molar-refractivity contribution in [1.29, 1.82) is 0 Å². The van der Waals surface area contributed by atoms with Crippen molar-refractivity contribution >= 4 is 17.2 Å². The number of hydrogen-bond donors (Lipinski definition) is 3. The number of benzene rings is 2. The van der Waals surface area contributed by atoms with Crippen molar-refractivity contribution in [3.05, 3.63) is 83.1 Å². The molecule has 3 aromatic rings. The average molecular weight is 344 g/mol. The number of aliphatic hydroxyl groups excluding tert-OH is 1. The van der Waals surface area contributed by atoms with Gasteiger partial charge in [-0.05, 0) is 18.1 Å². The van der Waals surface area contributed by atoms with Crippen molar-refractivity contribution in [3.8, 4) is 17.1 Å². The quantitative estimate of drug-likeness (QED) is 0.671. The summed E-state index contributed by atoms with van der Waals surface area (Å²) in [4.78, 5) is 19.4. The number of aromatic amines is 1. The summed E-state index contributed by atoms with van der Waals surface area (Å²) in [6.07, 6.45) is 0. The van der Waals surface area contributed by atoms with E-state index in [1.54, 1.807) is 31.2 Å². The highest BCUT2D eigenvalue weighted by atomic mass is 16.3. The number of amides is 1. The number of nitrogens with zero attached hydrogens (tertiary/aromatic N) is 1. The molecule has 0 saturated carbocycles. The summed E-state index contributed by atoms with van der Waals surface area (Å²) in [5, 5.41) is 21.1. The van der Waals surface area contributed by atoms with Gasteiger partial charge >= 0.3 is 0 Å². The third kappa shape index (κ3) is 2.41. The van der Waals surface area contributed by atoms with Gasteiger partial charge in [0.05, 0.1) is 16.8 Å². The van der Waals surface area contributed by atoms with E-state index >= 15 is 0 Å². The van der Waals surface area contributed by atoms with Gasteiger partial charge in [-0.2, -0.15) is 0 Å². The van der Waals surface area contributed by atoms with Gasteiger partial charge in [0, 0.05) is 5.56 Å². The maximum Gasteiger partial charge on any atom is 0.282 e. The number of aliphatic hydroxyl groups is 1. The van der Waals surface area contributed by atoms with E-state index in [1.165, 1.54) is 0 Å². The molecule has 26 heavy (non-hydrogen) atoms. The van der Waals surface area contributed by atoms with Crippen molar-refractivity contribution in [2.24, 2.45) is 4.99 Å². The van der Waals surface area contributed by atoms with Gasteiger partial charge in [-0.25, -0.2) is 4.99 Å². The largest absolute Gasteiger partial charge is 0.505 e. The lowest BCUT2D eigenvalue weighted by Crippen LogP contribution is -2.02. The van der Waals surface area contributed by atoms with Crippen LogP contribution in [0.3, 0.4) is 0 Å². The summed E-state index contributed by atoms with van der Waals surface area (Å²) >= 11 is 0. The lowest BCUT2D eigenvalue weighted by Gasteiger charge is -2.04. The first-order valence-electron chi connectivity index (χ1n) is 8.17. The molecule has 0 bridgehead atoms. The second kappa shape index (κ2) is 6.04. The topological polar surface area (TPSA) is 85.7 Å². The van der Waals surface area contributed by atoms with E-state index in [9.17, 15) is 15.0 Å². The fraction of sp³-hybridized carbons (Fsp3) is 0.0476. The minimum atomic E-state index is -0.571. The second-order valence-corrected chi connectivity index (χ2v) is 6.07. The molecule has 1 aliphatic heterocycles. The van der Waals surface area contributed by atoms with Crippen LogP contribution in [0.1, 0.15) is 16.7 Å². The standard InChI is InChI=1S/C21H16N2O3/c1-12-15(20(25)22-17(12)13-8-4-2-5-9-13)16-19(24)18(23-21(16)26)14-10-6-3-7-11-14/h2-11,22,24-25H,1H3. The van der Waals surface area contributed by atoms with Crippen LogP contribution >= 0.6 is 0 Å². The Morgan fingerprint density at radius 2 is 1.46 bits per heavy atom. The minimum Gasteiger partial charge on any atom is -0.505 e. The van der Waals surface area contributed by atoms with Crippen LogP contribution in [0.5, 0.6) is 5.88 Å². The number of rotatable bonds is 3. The molecule has 3 N–H and O–H groups in total. The molecule has 4 rings (SSSR count). The Balaban J connectivity index is 1.85. The molecule has 1 amide bonds. The molecule has 0 unspecified atom stereocenters. The molecule has 2 aromatic carbocycles. The number of aromatic hydroxyl groups is 1. The molecular formula is C21H16N2O3. The van der Waals surface area contributed by atoms with Crippen molar-refractivity contribution in [1.82, 2.24) is 4.98 Å². The first kappa shape index (κ1) is 15.9. The zero-order valence-corrected chi connectivity index (χ0v) is 14.0. The Labute approximate surface area is 150 Å². The molecule has 0 fully saturated rings. The van der Waals surface area contributed by atoms with Crippen LogP contribution in [0.25, 0.3) is 16.8 Å². The molecule has 0 radical (unpaired) electrons. The van der Waals surface area contributed by atoms with Crippen LogP contribution in [0.15, 0.2) is 71.4 Å². The van der Waals surface area contributed by atoms with E-state index in [0.717, 1.165) is 5.56 Å². The van der Waals surface area contributed by atoms with Gasteiger partial charge < -0.3 is 15.2 Å². The molecule has 1 aliphatic rings. The van der Waals surface area contributed by atoms with E-state index in [0.29, 0.717) is 16.8 Å². The molecule has 128 valence electrons. The summed E-state index contributed by atoms with van der Waals surface area (Å²) in [6.45, 7) is 1.79. The molecule has 5 nitrogen and oxygen atoms in total. The Hall–Kier alpha value is -3.60. The number of allylic oxidation sites excluding steroid dienone is 1. The lowest BCUT2D eigenvalue weighted by molar-refractivity contribution is -0.112. The first-order chi connectivity index (χ1) is 12.6. The Morgan fingerprint density at radius 1 is 0.885 bits per heavy atom. The highest BCUT2D eigenvalue weighted by molar-refractivity contribution is 6.38. The number of H-pyrrole nitrogens is 1. The van der Waals surface area contributed by atoms with Crippen LogP contribution in [-0.2, 0) is 4.79 Å². The fourth-order valence-electron chi connectivity index (χ4n) is 3.23. The molecule has 0 atom stereocenters. The van der Waals surface area contributed by atoms with Gasteiger partial charge in [0.25, 0.3) is 5.91 Å². The summed E-state index contributed by atoms with van der Waals surface area (Å²) in [6, 6.07) is 18.5. The van der Waals surface area contributed by atoms with Crippen LogP contribution < -0.4 is 0 Å². The normalized spacial score (nSPS) is 14.0. The van der Waals surface area contributed by atoms with Gasteiger partial charge in [0.2, 0.25) is 0 Å². The number of carbonyl (C=O) groups excluding carboxylic acids is 1. The molecule has 1 aromatic heterocycles. The minimum absolute atomic E-state index is 0.0114. The monoisotopic (exact) mass is 344 g/mol. The fourth-order valence-corrected chi connectivity index (χ4v) is 3.23. The van der Waals surface area contributed by atoms with Crippen LogP contribution in [0.2, 0.25) is 0 Å². The summed E-state index contributed by atoms with van der Waals surface area (Å²) in [7, 11) is 0. The maximum atomic E-state index is 12.5. The SMILES string of the molecule is Cc1c(-c2ccccc2)[nH]c(O)c1C1=C(O)C(c2ccccc2)=NC1=O. The van der Waals surface area contributed by atoms with Crippen LogP contribution in [0.4, 0.5) is 0 Å². The van der Waals surface area contributed by atoms with Crippen molar-refractivity contribution < 1.29 is 15.0 Å². The predicted molar refractivity (Wildman–Crippen MR) is 100 cm³/mol. The number of aliphatic imine (C=N–C) groups is 1. The predicted octanol–water partition coefficient (Wildman–Crippen LogP) is 3.99. The van der Waals surface area contributed by atoms with Gasteiger partial charge in [-0.3, -0.25) is 4.79 Å². The third-order valence-electron chi connectivity index (χ3n) is 4.48. The Morgan fingerprint density at radius 3 is 2.08 bits per heavy atom. The van der Waals surface area contributed by atoms with Crippen molar-refractivity contribution in [3.63, 3.8) is 0 Å². The van der Waals surface area contributed by atoms with E-state index in [2.05, 4.69) is 9.98 Å². The molecule has 5 heteroatoms. The maximum absolute atomic E-state index is 12.5. The van der Waals surface area contributed by atoms with Crippen LogP contribution in [-0.4, -0.2) is 26.8 Å². The van der Waals surface area contributed by atoms with Crippen molar-refractivity contribution in [2.45, 2.75) is 6.92 Å². The van der Waals surface area contributed by atoms with Gasteiger partial charge in [0.15, 0.2) is 11.6 Å². The number of nitrogens with one attached hydrogen (secondary N) is 1. The van der Waals surface area contributed by atoms with Gasteiger partial charge in [0.1, 0.15) is 5.71 Å². The Bertz CT molecular complexity index is 1060. The van der Waals surface area contributed by atoms with Gasteiger partial charge in [-0.15, -0.1) is 0 Å². The van der Waals surface area contributed by atoms with E-state index in [4.69, 9.17) is 0 Å². The number of carbonyl (C=O) groups is 1.